The third kappa shape index (κ3) is 4.88. The first-order valence-electron chi connectivity index (χ1n) is 9.61. The fourth-order valence-electron chi connectivity index (χ4n) is 3.40. The number of piperidine rings is 1. The lowest BCUT2D eigenvalue weighted by molar-refractivity contribution is -0.148. The van der Waals surface area contributed by atoms with E-state index in [0.717, 1.165) is 6.42 Å². The molecule has 0 bridgehead atoms. The number of benzene rings is 1. The minimum atomic E-state index is -1.18. The van der Waals surface area contributed by atoms with E-state index in [1.54, 1.807) is 36.1 Å². The molecule has 3 rings (SSSR count). The molecule has 0 radical (unpaired) electrons. The highest BCUT2D eigenvalue weighted by atomic mass is 35.5. The summed E-state index contributed by atoms with van der Waals surface area (Å²) in [6, 6.07) is 7.91. The van der Waals surface area contributed by atoms with Gasteiger partial charge in [-0.2, -0.15) is 0 Å². The van der Waals surface area contributed by atoms with E-state index in [1.807, 2.05) is 0 Å². The molecule has 1 aliphatic rings. The number of aromatic nitrogens is 1. The average molecular weight is 432 g/mol. The minimum Gasteiger partial charge on any atom is -0.478 e. The fraction of sp³-hybridized carbons (Fsp3) is 0.333. The van der Waals surface area contributed by atoms with E-state index in [-0.39, 0.29) is 39.5 Å². The Morgan fingerprint density at radius 3 is 2.77 bits per heavy atom. The van der Waals surface area contributed by atoms with E-state index in [2.05, 4.69) is 10.3 Å². The standard InChI is InChI=1S/C21H22ClN3O5/c1-2-30-21(29)13-6-5-9-25(12-13)18-16(20(27)28)10-14(11-23-18)24-19(26)15-7-3-4-8-17(15)22/h3-4,7-8,10-11,13H,2,5-6,9,12H2,1H3,(H,24,26)(H,27,28). The topological polar surface area (TPSA) is 109 Å². The van der Waals surface area contributed by atoms with Crippen molar-refractivity contribution in [1.82, 2.24) is 4.98 Å². The second-order valence-electron chi connectivity index (χ2n) is 6.87. The van der Waals surface area contributed by atoms with Crippen LogP contribution in [0.15, 0.2) is 36.5 Å². The smallest absolute Gasteiger partial charge is 0.339 e. The number of nitrogens with zero attached hydrogens (tertiary/aromatic N) is 2. The molecule has 2 N–H and O–H groups in total. The monoisotopic (exact) mass is 431 g/mol. The van der Waals surface area contributed by atoms with Crippen LogP contribution in [0.4, 0.5) is 11.5 Å². The van der Waals surface area contributed by atoms with Crippen LogP contribution in [0.1, 0.15) is 40.5 Å². The fourth-order valence-corrected chi connectivity index (χ4v) is 3.62. The molecule has 2 aromatic rings. The number of carbonyl (C=O) groups is 3. The predicted molar refractivity (Wildman–Crippen MR) is 112 cm³/mol. The number of amides is 1. The molecule has 2 heterocycles. The van der Waals surface area contributed by atoms with Gasteiger partial charge in [0.1, 0.15) is 11.4 Å². The number of nitrogens with one attached hydrogen (secondary N) is 1. The van der Waals surface area contributed by atoms with Crippen LogP contribution in [0.2, 0.25) is 5.02 Å². The molecule has 1 aromatic heterocycles. The van der Waals surface area contributed by atoms with Gasteiger partial charge < -0.3 is 20.1 Å². The Labute approximate surface area is 178 Å². The Bertz CT molecular complexity index is 965. The van der Waals surface area contributed by atoms with E-state index in [0.29, 0.717) is 26.1 Å². The zero-order chi connectivity index (χ0) is 21.7. The summed E-state index contributed by atoms with van der Waals surface area (Å²) in [4.78, 5) is 42.4. The number of hydrogen-bond donors (Lipinski definition) is 2. The molecule has 1 aliphatic heterocycles. The van der Waals surface area contributed by atoms with Gasteiger partial charge in [-0.05, 0) is 38.0 Å². The summed E-state index contributed by atoms with van der Waals surface area (Å²) in [7, 11) is 0. The molecule has 1 atom stereocenters. The summed E-state index contributed by atoms with van der Waals surface area (Å²) in [6.45, 7) is 2.96. The highest BCUT2D eigenvalue weighted by Gasteiger charge is 2.30. The molecule has 1 fully saturated rings. The lowest BCUT2D eigenvalue weighted by atomic mass is 9.98. The maximum Gasteiger partial charge on any atom is 0.339 e. The van der Waals surface area contributed by atoms with Crippen molar-refractivity contribution in [3.63, 3.8) is 0 Å². The Balaban J connectivity index is 1.82. The van der Waals surface area contributed by atoms with Crippen LogP contribution in [0, 0.1) is 5.92 Å². The number of ether oxygens (including phenoxy) is 1. The van der Waals surface area contributed by atoms with Gasteiger partial charge in [0.25, 0.3) is 5.91 Å². The number of aromatic carboxylic acids is 1. The Hall–Kier alpha value is -3.13. The molecule has 0 spiro atoms. The van der Waals surface area contributed by atoms with Crippen molar-refractivity contribution in [1.29, 1.82) is 0 Å². The molecule has 9 heteroatoms. The van der Waals surface area contributed by atoms with Gasteiger partial charge in [-0.15, -0.1) is 0 Å². The number of halogens is 1. The van der Waals surface area contributed by atoms with E-state index >= 15 is 0 Å². The van der Waals surface area contributed by atoms with Crippen molar-refractivity contribution in [2.45, 2.75) is 19.8 Å². The summed E-state index contributed by atoms with van der Waals surface area (Å²) in [5.74, 6) is -2.01. The average Bonchev–Trinajstić information content (AvgIpc) is 2.74. The van der Waals surface area contributed by atoms with Crippen molar-refractivity contribution in [2.75, 3.05) is 29.9 Å². The Morgan fingerprint density at radius 2 is 2.07 bits per heavy atom. The Kier molecular flexibility index (Phi) is 6.89. The van der Waals surface area contributed by atoms with Crippen LogP contribution in [0.3, 0.4) is 0 Å². The first kappa shape index (κ1) is 21.6. The van der Waals surface area contributed by atoms with Crippen molar-refractivity contribution in [2.24, 2.45) is 5.92 Å². The van der Waals surface area contributed by atoms with Gasteiger partial charge in [-0.1, -0.05) is 23.7 Å². The number of carboxylic acid groups (broad SMARTS) is 1. The maximum atomic E-state index is 12.4. The van der Waals surface area contributed by atoms with Gasteiger partial charge in [-0.25, -0.2) is 9.78 Å². The normalized spacial score (nSPS) is 16.1. The van der Waals surface area contributed by atoms with Crippen molar-refractivity contribution >= 4 is 41.0 Å². The van der Waals surface area contributed by atoms with Crippen LogP contribution < -0.4 is 10.2 Å². The van der Waals surface area contributed by atoms with Gasteiger partial charge >= 0.3 is 11.9 Å². The van der Waals surface area contributed by atoms with Gasteiger partial charge in [-0.3, -0.25) is 9.59 Å². The van der Waals surface area contributed by atoms with Crippen molar-refractivity contribution in [3.05, 3.63) is 52.7 Å². The van der Waals surface area contributed by atoms with Crippen LogP contribution in [-0.2, 0) is 9.53 Å². The second kappa shape index (κ2) is 9.58. The third-order valence-corrected chi connectivity index (χ3v) is 5.14. The SMILES string of the molecule is CCOC(=O)C1CCCN(c2ncc(NC(=O)c3ccccc3Cl)cc2C(=O)O)C1. The molecule has 0 aliphatic carbocycles. The first-order valence-corrected chi connectivity index (χ1v) is 9.99. The third-order valence-electron chi connectivity index (χ3n) is 4.81. The molecule has 1 aromatic carbocycles. The van der Waals surface area contributed by atoms with Gasteiger partial charge in [0.2, 0.25) is 0 Å². The van der Waals surface area contributed by atoms with E-state index in [4.69, 9.17) is 16.3 Å². The summed E-state index contributed by atoms with van der Waals surface area (Å²) in [6.07, 6.45) is 2.80. The zero-order valence-electron chi connectivity index (χ0n) is 16.4. The molecule has 0 saturated carbocycles. The number of carbonyl (C=O) groups excluding carboxylic acids is 2. The summed E-state index contributed by atoms with van der Waals surface area (Å²) in [5.41, 5.74) is 0.449. The van der Waals surface area contributed by atoms with E-state index in [9.17, 15) is 19.5 Å². The van der Waals surface area contributed by atoms with Crippen LogP contribution in [-0.4, -0.2) is 47.6 Å². The highest BCUT2D eigenvalue weighted by Crippen LogP contribution is 2.27. The zero-order valence-corrected chi connectivity index (χ0v) is 17.2. The van der Waals surface area contributed by atoms with E-state index < -0.39 is 11.9 Å². The second-order valence-corrected chi connectivity index (χ2v) is 7.28. The Morgan fingerprint density at radius 1 is 1.30 bits per heavy atom. The van der Waals surface area contributed by atoms with Crippen LogP contribution >= 0.6 is 11.6 Å². The molecule has 1 amide bonds. The molecular formula is C21H22ClN3O5. The molecule has 158 valence electrons. The number of rotatable bonds is 6. The van der Waals surface area contributed by atoms with Crippen molar-refractivity contribution < 1.29 is 24.2 Å². The maximum absolute atomic E-state index is 12.4. The summed E-state index contributed by atoms with van der Waals surface area (Å²) in [5, 5.41) is 12.6. The molecule has 30 heavy (non-hydrogen) atoms. The van der Waals surface area contributed by atoms with Gasteiger partial charge in [0.05, 0.1) is 35.0 Å². The number of hydrogen-bond acceptors (Lipinski definition) is 6. The molecule has 1 unspecified atom stereocenters. The molecule has 8 nitrogen and oxygen atoms in total. The molecular weight excluding hydrogens is 410 g/mol. The number of esters is 1. The first-order chi connectivity index (χ1) is 14.4. The lowest BCUT2D eigenvalue weighted by Gasteiger charge is -2.33. The highest BCUT2D eigenvalue weighted by molar-refractivity contribution is 6.34. The number of carboxylic acids is 1. The number of anilines is 2. The van der Waals surface area contributed by atoms with E-state index in [1.165, 1.54) is 12.3 Å². The number of pyridine rings is 1. The summed E-state index contributed by atoms with van der Waals surface area (Å²) < 4.78 is 5.10. The largest absolute Gasteiger partial charge is 0.478 e. The lowest BCUT2D eigenvalue weighted by Crippen LogP contribution is -2.40. The van der Waals surface area contributed by atoms with Crippen LogP contribution in [0.25, 0.3) is 0 Å². The molecule has 1 saturated heterocycles. The van der Waals surface area contributed by atoms with Gasteiger partial charge in [0.15, 0.2) is 0 Å². The van der Waals surface area contributed by atoms with Crippen LogP contribution in [0.5, 0.6) is 0 Å². The quantitative estimate of drug-likeness (QED) is 0.674. The van der Waals surface area contributed by atoms with Crippen molar-refractivity contribution in [3.8, 4) is 0 Å². The summed E-state index contributed by atoms with van der Waals surface area (Å²) >= 11 is 6.04. The minimum absolute atomic E-state index is 0.0588. The predicted octanol–water partition coefficient (Wildman–Crippen LogP) is 3.47. The van der Waals surface area contributed by atoms with Gasteiger partial charge in [0, 0.05) is 13.1 Å².